The van der Waals surface area contributed by atoms with E-state index in [4.69, 9.17) is 0 Å². The monoisotopic (exact) mass is 320 g/mol. The second kappa shape index (κ2) is 6.78. The number of para-hydroxylation sites is 1. The van der Waals surface area contributed by atoms with Crippen LogP contribution in [0.15, 0.2) is 54.6 Å². The summed E-state index contributed by atoms with van der Waals surface area (Å²) in [7, 11) is 0. The number of hydrogen-bond acceptors (Lipinski definition) is 2. The Kier molecular flexibility index (Phi) is 4.35. The average molecular weight is 320 g/mol. The van der Waals surface area contributed by atoms with Crippen LogP contribution in [0.1, 0.15) is 36.3 Å². The van der Waals surface area contributed by atoms with Gasteiger partial charge >= 0.3 is 0 Å². The lowest BCUT2D eigenvalue weighted by molar-refractivity contribution is -0.118. The van der Waals surface area contributed by atoms with E-state index in [1.54, 1.807) is 0 Å². The lowest BCUT2D eigenvalue weighted by Gasteiger charge is -2.28. The molecule has 0 spiro atoms. The molecule has 2 aromatic rings. The highest BCUT2D eigenvalue weighted by Crippen LogP contribution is 2.40. The maximum absolute atomic E-state index is 13.1. The van der Waals surface area contributed by atoms with Crippen LogP contribution in [0.25, 0.3) is 0 Å². The molecule has 4 rings (SSSR count). The third-order valence-electron chi connectivity index (χ3n) is 5.27. The van der Waals surface area contributed by atoms with Gasteiger partial charge in [-0.2, -0.15) is 0 Å². The first-order valence-electron chi connectivity index (χ1n) is 9.02. The van der Waals surface area contributed by atoms with Crippen LogP contribution >= 0.6 is 0 Å². The van der Waals surface area contributed by atoms with E-state index in [1.807, 2.05) is 35.2 Å². The lowest BCUT2D eigenvalue weighted by atomic mass is 9.93. The molecule has 2 aliphatic heterocycles. The van der Waals surface area contributed by atoms with Crippen molar-refractivity contribution in [1.29, 1.82) is 0 Å². The van der Waals surface area contributed by atoms with Gasteiger partial charge in [0.15, 0.2) is 0 Å². The molecule has 2 heterocycles. The second-order valence-corrected chi connectivity index (χ2v) is 6.79. The van der Waals surface area contributed by atoms with E-state index < -0.39 is 0 Å². The molecule has 0 bridgehead atoms. The molecular weight excluding hydrogens is 296 g/mol. The van der Waals surface area contributed by atoms with Crippen LogP contribution in [0.4, 0.5) is 5.69 Å². The van der Waals surface area contributed by atoms with Gasteiger partial charge in [0.05, 0.1) is 5.92 Å². The Labute approximate surface area is 143 Å². The number of likely N-dealkylation sites (tertiary alicyclic amines) is 1. The third kappa shape index (κ3) is 2.84. The molecule has 0 radical (unpaired) electrons. The van der Waals surface area contributed by atoms with Crippen molar-refractivity contribution in [2.45, 2.75) is 25.2 Å². The van der Waals surface area contributed by atoms with Gasteiger partial charge < -0.3 is 9.80 Å². The minimum atomic E-state index is -0.149. The number of benzene rings is 2. The minimum Gasteiger partial charge on any atom is -0.310 e. The number of nitrogens with zero attached hydrogens (tertiary/aromatic N) is 2. The van der Waals surface area contributed by atoms with Crippen molar-refractivity contribution in [2.24, 2.45) is 0 Å². The van der Waals surface area contributed by atoms with Gasteiger partial charge in [-0.15, -0.1) is 0 Å². The fourth-order valence-corrected chi connectivity index (χ4v) is 4.01. The molecule has 1 saturated heterocycles. The number of piperidine rings is 1. The molecule has 124 valence electrons. The standard InChI is InChI=1S/C21H24N2O/c24-21-20(17-9-3-1-4-10-17)18-11-5-6-12-19(18)23(21)16-15-22-13-7-2-8-14-22/h1,3-6,9-12,20H,2,7-8,13-16H2. The highest BCUT2D eigenvalue weighted by Gasteiger charge is 2.37. The first-order chi connectivity index (χ1) is 11.8. The quantitative estimate of drug-likeness (QED) is 0.858. The van der Waals surface area contributed by atoms with Crippen molar-refractivity contribution in [2.75, 3.05) is 31.1 Å². The fourth-order valence-electron chi connectivity index (χ4n) is 4.01. The second-order valence-electron chi connectivity index (χ2n) is 6.79. The van der Waals surface area contributed by atoms with Gasteiger partial charge in [-0.25, -0.2) is 0 Å². The predicted molar refractivity (Wildman–Crippen MR) is 97.4 cm³/mol. The molecule has 24 heavy (non-hydrogen) atoms. The Hall–Kier alpha value is -2.13. The van der Waals surface area contributed by atoms with Gasteiger partial charge in [-0.3, -0.25) is 4.79 Å². The van der Waals surface area contributed by atoms with Crippen LogP contribution in [-0.4, -0.2) is 37.0 Å². The van der Waals surface area contributed by atoms with Gasteiger partial charge in [0.1, 0.15) is 0 Å². The molecular formula is C21H24N2O. The van der Waals surface area contributed by atoms with Crippen LogP contribution in [0.3, 0.4) is 0 Å². The van der Waals surface area contributed by atoms with Crippen LogP contribution in [-0.2, 0) is 4.79 Å². The number of anilines is 1. The van der Waals surface area contributed by atoms with Gasteiger partial charge in [0.25, 0.3) is 0 Å². The molecule has 1 fully saturated rings. The fraction of sp³-hybridized carbons (Fsp3) is 0.381. The summed E-state index contributed by atoms with van der Waals surface area (Å²) in [4.78, 5) is 17.6. The Morgan fingerprint density at radius 2 is 1.54 bits per heavy atom. The van der Waals surface area contributed by atoms with E-state index >= 15 is 0 Å². The van der Waals surface area contributed by atoms with Crippen molar-refractivity contribution >= 4 is 11.6 Å². The molecule has 2 aromatic carbocycles. The molecule has 1 atom stereocenters. The Morgan fingerprint density at radius 1 is 0.833 bits per heavy atom. The summed E-state index contributed by atoms with van der Waals surface area (Å²) in [5, 5.41) is 0. The molecule has 1 amide bonds. The molecule has 1 unspecified atom stereocenters. The third-order valence-corrected chi connectivity index (χ3v) is 5.27. The summed E-state index contributed by atoms with van der Waals surface area (Å²) < 4.78 is 0. The number of hydrogen-bond donors (Lipinski definition) is 0. The van der Waals surface area contributed by atoms with Crippen molar-refractivity contribution in [1.82, 2.24) is 4.90 Å². The molecule has 3 nitrogen and oxygen atoms in total. The van der Waals surface area contributed by atoms with E-state index in [-0.39, 0.29) is 11.8 Å². The number of carbonyl (C=O) groups excluding carboxylic acids is 1. The SMILES string of the molecule is O=C1C(c2ccccc2)c2ccccc2N1CCN1CCCCC1. The van der Waals surface area contributed by atoms with E-state index in [9.17, 15) is 4.79 Å². The number of fused-ring (bicyclic) bond motifs is 1. The summed E-state index contributed by atoms with van der Waals surface area (Å²) in [6, 6.07) is 18.4. The zero-order valence-electron chi connectivity index (χ0n) is 14.0. The average Bonchev–Trinajstić information content (AvgIpc) is 2.93. The molecule has 3 heteroatoms. The molecule has 0 aliphatic carbocycles. The summed E-state index contributed by atoms with van der Waals surface area (Å²) in [5.41, 5.74) is 3.33. The largest absolute Gasteiger partial charge is 0.310 e. The Morgan fingerprint density at radius 3 is 2.33 bits per heavy atom. The van der Waals surface area contributed by atoms with Gasteiger partial charge in [-0.05, 0) is 43.1 Å². The van der Waals surface area contributed by atoms with Gasteiger partial charge in [-0.1, -0.05) is 55.0 Å². The highest BCUT2D eigenvalue weighted by atomic mass is 16.2. The van der Waals surface area contributed by atoms with Gasteiger partial charge in [0, 0.05) is 18.8 Å². The number of amides is 1. The molecule has 0 aromatic heterocycles. The minimum absolute atomic E-state index is 0.149. The Bertz CT molecular complexity index is 707. The maximum atomic E-state index is 13.1. The zero-order valence-corrected chi connectivity index (χ0v) is 14.0. The maximum Gasteiger partial charge on any atom is 0.239 e. The topological polar surface area (TPSA) is 23.6 Å². The smallest absolute Gasteiger partial charge is 0.239 e. The molecule has 2 aliphatic rings. The summed E-state index contributed by atoms with van der Waals surface area (Å²) in [6.45, 7) is 4.11. The highest BCUT2D eigenvalue weighted by molar-refractivity contribution is 6.07. The van der Waals surface area contributed by atoms with Crippen molar-refractivity contribution in [3.63, 3.8) is 0 Å². The van der Waals surface area contributed by atoms with Gasteiger partial charge in [0.2, 0.25) is 5.91 Å². The van der Waals surface area contributed by atoms with Crippen molar-refractivity contribution in [3.8, 4) is 0 Å². The Balaban J connectivity index is 1.58. The first kappa shape index (κ1) is 15.4. The van der Waals surface area contributed by atoms with E-state index in [0.29, 0.717) is 0 Å². The van der Waals surface area contributed by atoms with Crippen molar-refractivity contribution in [3.05, 3.63) is 65.7 Å². The van der Waals surface area contributed by atoms with E-state index in [2.05, 4.69) is 29.2 Å². The molecule has 0 N–H and O–H groups in total. The van der Waals surface area contributed by atoms with E-state index in [0.717, 1.165) is 29.9 Å². The lowest BCUT2D eigenvalue weighted by Crippen LogP contribution is -2.39. The zero-order chi connectivity index (χ0) is 16.4. The summed E-state index contributed by atoms with van der Waals surface area (Å²) >= 11 is 0. The van der Waals surface area contributed by atoms with Crippen molar-refractivity contribution < 1.29 is 4.79 Å². The summed E-state index contributed by atoms with van der Waals surface area (Å²) in [6.07, 6.45) is 3.92. The number of carbonyl (C=O) groups is 1. The normalized spacial score (nSPS) is 21.1. The van der Waals surface area contributed by atoms with Crippen LogP contribution in [0.5, 0.6) is 0 Å². The summed E-state index contributed by atoms with van der Waals surface area (Å²) in [5.74, 6) is 0.0724. The molecule has 0 saturated carbocycles. The van der Waals surface area contributed by atoms with Crippen LogP contribution in [0.2, 0.25) is 0 Å². The number of rotatable bonds is 4. The predicted octanol–water partition coefficient (Wildman–Crippen LogP) is 3.65. The van der Waals surface area contributed by atoms with Crippen LogP contribution in [0, 0.1) is 0 Å². The first-order valence-corrected chi connectivity index (χ1v) is 9.02. The van der Waals surface area contributed by atoms with Crippen LogP contribution < -0.4 is 4.90 Å². The van der Waals surface area contributed by atoms with E-state index in [1.165, 1.54) is 32.4 Å².